The van der Waals surface area contributed by atoms with Crippen LogP contribution in [0.3, 0.4) is 0 Å². The van der Waals surface area contributed by atoms with Gasteiger partial charge in [0.15, 0.2) is 5.13 Å². The molecule has 0 unspecified atom stereocenters. The zero-order valence-corrected chi connectivity index (χ0v) is 15.3. The fraction of sp³-hybridized carbons (Fsp3) is 0.167. The van der Waals surface area contributed by atoms with Crippen molar-refractivity contribution < 1.29 is 4.79 Å². The highest BCUT2D eigenvalue weighted by molar-refractivity contribution is 7.98. The van der Waals surface area contributed by atoms with Gasteiger partial charge in [0, 0.05) is 17.1 Å². The molecule has 24 heavy (non-hydrogen) atoms. The molecule has 2 aromatic heterocycles. The Morgan fingerprint density at radius 1 is 1.25 bits per heavy atom. The summed E-state index contributed by atoms with van der Waals surface area (Å²) in [5.74, 6) is -0.186. The van der Waals surface area contributed by atoms with E-state index in [4.69, 9.17) is 0 Å². The molecule has 0 saturated carbocycles. The Bertz CT molecular complexity index is 889. The summed E-state index contributed by atoms with van der Waals surface area (Å²) in [7, 11) is 0. The lowest BCUT2D eigenvalue weighted by Gasteiger charge is -2.06. The van der Waals surface area contributed by atoms with Gasteiger partial charge in [-0.3, -0.25) is 10.1 Å². The van der Waals surface area contributed by atoms with Gasteiger partial charge in [-0.05, 0) is 43.9 Å². The summed E-state index contributed by atoms with van der Waals surface area (Å²) in [5, 5.41) is 6.14. The van der Waals surface area contributed by atoms with Crippen molar-refractivity contribution in [3.8, 4) is 11.3 Å². The Hall–Kier alpha value is -2.18. The van der Waals surface area contributed by atoms with Gasteiger partial charge < -0.3 is 0 Å². The predicted octanol–water partition coefficient (Wildman–Crippen LogP) is 4.80. The van der Waals surface area contributed by atoms with Crippen molar-refractivity contribution in [3.05, 3.63) is 58.6 Å². The van der Waals surface area contributed by atoms with Crippen molar-refractivity contribution in [1.82, 2.24) is 9.97 Å². The lowest BCUT2D eigenvalue weighted by atomic mass is 10.0. The van der Waals surface area contributed by atoms with Crippen LogP contribution in [0, 0.1) is 13.8 Å². The number of pyridine rings is 1. The second kappa shape index (κ2) is 7.15. The lowest BCUT2D eigenvalue weighted by Crippen LogP contribution is -2.13. The maximum Gasteiger partial charge on any atom is 0.260 e. The summed E-state index contributed by atoms with van der Waals surface area (Å²) >= 11 is 2.88. The number of hydrogen-bond donors (Lipinski definition) is 1. The van der Waals surface area contributed by atoms with Crippen LogP contribution in [0.2, 0.25) is 0 Å². The third kappa shape index (κ3) is 3.49. The highest BCUT2D eigenvalue weighted by Crippen LogP contribution is 2.28. The largest absolute Gasteiger partial charge is 0.298 e. The van der Waals surface area contributed by atoms with Crippen molar-refractivity contribution in [2.75, 3.05) is 11.6 Å². The summed E-state index contributed by atoms with van der Waals surface area (Å²) in [6, 6.07) is 9.82. The molecule has 3 aromatic rings. The van der Waals surface area contributed by atoms with E-state index in [0.29, 0.717) is 15.7 Å². The number of thiazole rings is 1. The van der Waals surface area contributed by atoms with Crippen LogP contribution in [0.5, 0.6) is 0 Å². The fourth-order valence-corrected chi connectivity index (χ4v) is 3.61. The maximum atomic E-state index is 12.5. The molecule has 6 heteroatoms. The summed E-state index contributed by atoms with van der Waals surface area (Å²) in [4.78, 5) is 21.2. The van der Waals surface area contributed by atoms with E-state index in [1.54, 1.807) is 18.3 Å². The molecule has 1 amide bonds. The van der Waals surface area contributed by atoms with Crippen LogP contribution < -0.4 is 5.32 Å². The molecule has 0 aliphatic heterocycles. The van der Waals surface area contributed by atoms with Gasteiger partial charge in [0.2, 0.25) is 0 Å². The second-order valence-electron chi connectivity index (χ2n) is 5.37. The number of amides is 1. The minimum absolute atomic E-state index is 0.186. The second-order valence-corrected chi connectivity index (χ2v) is 7.02. The Balaban J connectivity index is 1.84. The van der Waals surface area contributed by atoms with E-state index in [0.717, 1.165) is 11.3 Å². The number of benzene rings is 1. The molecule has 0 radical (unpaired) electrons. The minimum Gasteiger partial charge on any atom is -0.298 e. The Labute approximate surface area is 149 Å². The standard InChI is InChI=1S/C18H17N3OS2/c1-11-6-7-12(2)14(9-11)15-10-24-18(20-15)21-16(22)13-5-4-8-19-17(13)23-3/h4-10H,1-3H3,(H,20,21,22). The predicted molar refractivity (Wildman–Crippen MR) is 101 cm³/mol. The SMILES string of the molecule is CSc1ncccc1C(=O)Nc1nc(-c2cc(C)ccc2C)cs1. The Morgan fingerprint density at radius 3 is 2.88 bits per heavy atom. The average molecular weight is 355 g/mol. The van der Waals surface area contributed by atoms with Crippen LogP contribution in [0.1, 0.15) is 21.5 Å². The van der Waals surface area contributed by atoms with Crippen molar-refractivity contribution in [1.29, 1.82) is 0 Å². The molecule has 2 heterocycles. The number of nitrogens with zero attached hydrogens (tertiary/aromatic N) is 2. The smallest absolute Gasteiger partial charge is 0.260 e. The summed E-state index contributed by atoms with van der Waals surface area (Å²) in [6.45, 7) is 4.12. The van der Waals surface area contributed by atoms with Crippen LogP contribution in [-0.4, -0.2) is 22.1 Å². The summed E-state index contributed by atoms with van der Waals surface area (Å²) in [6.07, 6.45) is 3.59. The summed E-state index contributed by atoms with van der Waals surface area (Å²) in [5.41, 5.74) is 4.90. The van der Waals surface area contributed by atoms with Crippen LogP contribution in [-0.2, 0) is 0 Å². The molecule has 0 atom stereocenters. The topological polar surface area (TPSA) is 54.9 Å². The molecule has 3 rings (SSSR count). The van der Waals surface area contributed by atoms with E-state index in [9.17, 15) is 4.79 Å². The first-order valence-corrected chi connectivity index (χ1v) is 9.52. The van der Waals surface area contributed by atoms with Crippen molar-refractivity contribution in [3.63, 3.8) is 0 Å². The molecule has 1 N–H and O–H groups in total. The number of carbonyl (C=O) groups is 1. The number of aryl methyl sites for hydroxylation is 2. The molecule has 0 aliphatic rings. The minimum atomic E-state index is -0.186. The van der Waals surface area contributed by atoms with E-state index in [1.165, 1.54) is 34.2 Å². The Morgan fingerprint density at radius 2 is 2.08 bits per heavy atom. The highest BCUT2D eigenvalue weighted by atomic mass is 32.2. The Kier molecular flexibility index (Phi) is 4.97. The third-order valence-corrected chi connectivity index (χ3v) is 5.07. The van der Waals surface area contributed by atoms with Gasteiger partial charge in [-0.1, -0.05) is 17.7 Å². The van der Waals surface area contributed by atoms with Gasteiger partial charge in [0.05, 0.1) is 11.3 Å². The van der Waals surface area contributed by atoms with Gasteiger partial charge in [0.1, 0.15) is 5.03 Å². The van der Waals surface area contributed by atoms with Gasteiger partial charge >= 0.3 is 0 Å². The van der Waals surface area contributed by atoms with Crippen LogP contribution in [0.15, 0.2) is 46.9 Å². The number of rotatable bonds is 4. The number of anilines is 1. The van der Waals surface area contributed by atoms with Crippen molar-refractivity contribution in [2.45, 2.75) is 18.9 Å². The third-order valence-electron chi connectivity index (χ3n) is 3.60. The number of aromatic nitrogens is 2. The molecule has 122 valence electrons. The zero-order valence-electron chi connectivity index (χ0n) is 13.7. The first-order chi connectivity index (χ1) is 11.6. The van der Waals surface area contributed by atoms with E-state index >= 15 is 0 Å². The zero-order chi connectivity index (χ0) is 17.1. The van der Waals surface area contributed by atoms with E-state index in [-0.39, 0.29) is 5.91 Å². The van der Waals surface area contributed by atoms with Gasteiger partial charge in [-0.15, -0.1) is 23.1 Å². The van der Waals surface area contributed by atoms with Gasteiger partial charge in [-0.2, -0.15) is 0 Å². The van der Waals surface area contributed by atoms with E-state index < -0.39 is 0 Å². The molecule has 0 aliphatic carbocycles. The first-order valence-electron chi connectivity index (χ1n) is 7.42. The molecular formula is C18H17N3OS2. The number of carbonyl (C=O) groups excluding carboxylic acids is 1. The molecular weight excluding hydrogens is 338 g/mol. The molecule has 0 spiro atoms. The molecule has 0 bridgehead atoms. The fourth-order valence-electron chi connectivity index (χ4n) is 2.36. The first kappa shape index (κ1) is 16.7. The van der Waals surface area contributed by atoms with Crippen LogP contribution in [0.4, 0.5) is 5.13 Å². The maximum absolute atomic E-state index is 12.5. The number of nitrogens with one attached hydrogen (secondary N) is 1. The normalized spacial score (nSPS) is 10.6. The molecule has 1 aromatic carbocycles. The van der Waals surface area contributed by atoms with Crippen LogP contribution in [0.25, 0.3) is 11.3 Å². The lowest BCUT2D eigenvalue weighted by molar-refractivity contribution is 0.102. The van der Waals surface area contributed by atoms with Crippen molar-refractivity contribution >= 4 is 34.1 Å². The number of hydrogen-bond acceptors (Lipinski definition) is 5. The van der Waals surface area contributed by atoms with Gasteiger partial charge in [0.25, 0.3) is 5.91 Å². The monoisotopic (exact) mass is 355 g/mol. The average Bonchev–Trinajstić information content (AvgIpc) is 3.05. The summed E-state index contributed by atoms with van der Waals surface area (Å²) < 4.78 is 0. The number of thioether (sulfide) groups is 1. The van der Waals surface area contributed by atoms with Crippen LogP contribution >= 0.6 is 23.1 Å². The molecule has 4 nitrogen and oxygen atoms in total. The highest BCUT2D eigenvalue weighted by Gasteiger charge is 2.14. The quantitative estimate of drug-likeness (QED) is 0.683. The molecule has 0 saturated heterocycles. The molecule has 0 fully saturated rings. The van der Waals surface area contributed by atoms with Crippen molar-refractivity contribution in [2.24, 2.45) is 0 Å². The van der Waals surface area contributed by atoms with E-state index in [1.807, 2.05) is 11.6 Å². The van der Waals surface area contributed by atoms with Gasteiger partial charge in [-0.25, -0.2) is 9.97 Å². The van der Waals surface area contributed by atoms with E-state index in [2.05, 4.69) is 47.3 Å².